The highest BCUT2D eigenvalue weighted by molar-refractivity contribution is 8.78. The lowest BCUT2D eigenvalue weighted by Crippen LogP contribution is -2.77. The van der Waals surface area contributed by atoms with Gasteiger partial charge in [0.05, 0.1) is 36.5 Å². The standard InChI is InChI=1S/C18H20N2O6S2/c21-9-1-3-11(23)13-7(9)5-17-15(25)20-14-8(10(22)2-4-12(14)24)6-18(20,28-27-17)16(26)19(13)17/h1-4,7-14,21-24H,5-6H2/t7?,8?,9-,10-,11-,12-,13?,14?,17?,18?/m0/s1. The van der Waals surface area contributed by atoms with Gasteiger partial charge in [0.2, 0.25) is 0 Å². The van der Waals surface area contributed by atoms with Crippen LogP contribution in [0.1, 0.15) is 12.8 Å². The molecule has 2 amide bonds. The topological polar surface area (TPSA) is 122 Å². The van der Waals surface area contributed by atoms with Crippen molar-refractivity contribution in [3.63, 3.8) is 0 Å². The minimum Gasteiger partial charge on any atom is -0.389 e. The second-order valence-electron chi connectivity index (χ2n) is 8.54. The highest BCUT2D eigenvalue weighted by Gasteiger charge is 2.79. The first-order chi connectivity index (χ1) is 13.3. The van der Waals surface area contributed by atoms with Crippen LogP contribution in [-0.2, 0) is 9.59 Å². The van der Waals surface area contributed by atoms with Crippen molar-refractivity contribution in [1.29, 1.82) is 0 Å². The van der Waals surface area contributed by atoms with E-state index in [0.717, 1.165) is 0 Å². The summed E-state index contributed by atoms with van der Waals surface area (Å²) in [6, 6.07) is -1.31. The predicted molar refractivity (Wildman–Crippen MR) is 100 cm³/mol. The number of rotatable bonds is 0. The van der Waals surface area contributed by atoms with Gasteiger partial charge in [0.25, 0.3) is 11.8 Å². The normalized spacial score (nSPS) is 56.0. The van der Waals surface area contributed by atoms with Crippen LogP contribution in [-0.4, -0.2) is 88.3 Å². The summed E-state index contributed by atoms with van der Waals surface area (Å²) < 4.78 is 0. The van der Waals surface area contributed by atoms with Gasteiger partial charge in [0.15, 0.2) is 9.74 Å². The third-order valence-corrected chi connectivity index (χ3v) is 10.9. The number of amides is 2. The molecule has 5 fully saturated rings. The Morgan fingerprint density at radius 2 is 1.07 bits per heavy atom. The number of hydrogen-bond acceptors (Lipinski definition) is 8. The fraction of sp³-hybridized carbons (Fsp3) is 0.667. The first kappa shape index (κ1) is 17.8. The molecule has 7 aliphatic rings. The summed E-state index contributed by atoms with van der Waals surface area (Å²) in [4.78, 5) is 28.2. The van der Waals surface area contributed by atoms with E-state index in [0.29, 0.717) is 0 Å². The Morgan fingerprint density at radius 1 is 0.714 bits per heavy atom. The van der Waals surface area contributed by atoms with Gasteiger partial charge >= 0.3 is 0 Å². The molecule has 2 bridgehead atoms. The number of hydrogen-bond donors (Lipinski definition) is 4. The van der Waals surface area contributed by atoms with E-state index in [9.17, 15) is 30.0 Å². The lowest BCUT2D eigenvalue weighted by atomic mass is 9.84. The minimum absolute atomic E-state index is 0.251. The molecule has 0 aromatic heterocycles. The summed E-state index contributed by atoms with van der Waals surface area (Å²) in [5.74, 6) is -1.38. The molecule has 10 heteroatoms. The van der Waals surface area contributed by atoms with E-state index in [1.165, 1.54) is 55.7 Å². The quantitative estimate of drug-likeness (QED) is 0.283. The van der Waals surface area contributed by atoms with Gasteiger partial charge in [-0.1, -0.05) is 45.9 Å². The second kappa shape index (κ2) is 5.35. The van der Waals surface area contributed by atoms with Crippen molar-refractivity contribution in [3.8, 4) is 0 Å². The Labute approximate surface area is 168 Å². The molecule has 2 spiro atoms. The van der Waals surface area contributed by atoms with E-state index in [1.807, 2.05) is 0 Å². The van der Waals surface area contributed by atoms with E-state index in [1.54, 1.807) is 0 Å². The second-order valence-corrected chi connectivity index (χ2v) is 11.2. The molecule has 8 nitrogen and oxygen atoms in total. The van der Waals surface area contributed by atoms with Crippen molar-refractivity contribution in [2.24, 2.45) is 11.8 Å². The summed E-state index contributed by atoms with van der Waals surface area (Å²) in [6.07, 6.45) is 2.99. The highest BCUT2D eigenvalue weighted by atomic mass is 33.1. The number of fused-ring (bicyclic) bond motifs is 3. The molecule has 150 valence electrons. The number of piperazine rings is 1. The maximum Gasteiger partial charge on any atom is 0.261 e. The van der Waals surface area contributed by atoms with Crippen LogP contribution < -0.4 is 0 Å². The van der Waals surface area contributed by atoms with Gasteiger partial charge in [-0.25, -0.2) is 0 Å². The zero-order valence-corrected chi connectivity index (χ0v) is 16.3. The summed E-state index contributed by atoms with van der Waals surface area (Å²) in [5, 5.41) is 42.0. The molecule has 10 atom stereocenters. The maximum atomic E-state index is 13.8. The first-order valence-corrected chi connectivity index (χ1v) is 11.6. The number of carbonyl (C=O) groups is 2. The lowest BCUT2D eigenvalue weighted by Gasteiger charge is -2.59. The Hall–Kier alpha value is -1.04. The molecule has 4 N–H and O–H groups in total. The van der Waals surface area contributed by atoms with Gasteiger partial charge < -0.3 is 30.2 Å². The van der Waals surface area contributed by atoms with Crippen molar-refractivity contribution in [2.75, 3.05) is 0 Å². The van der Waals surface area contributed by atoms with Gasteiger partial charge in [-0.15, -0.1) is 0 Å². The highest BCUT2D eigenvalue weighted by Crippen LogP contribution is 2.70. The molecule has 0 saturated carbocycles. The van der Waals surface area contributed by atoms with E-state index < -0.39 is 58.1 Å². The van der Waals surface area contributed by atoms with Crippen molar-refractivity contribution in [3.05, 3.63) is 24.3 Å². The average Bonchev–Trinajstić information content (AvgIpc) is 3.22. The summed E-state index contributed by atoms with van der Waals surface area (Å²) >= 11 is 0. The van der Waals surface area contributed by atoms with E-state index in [2.05, 4.69) is 0 Å². The Morgan fingerprint density at radius 3 is 1.46 bits per heavy atom. The molecular weight excluding hydrogens is 404 g/mol. The van der Waals surface area contributed by atoms with Crippen LogP contribution in [0.5, 0.6) is 0 Å². The third-order valence-electron chi connectivity index (χ3n) is 7.29. The zero-order chi connectivity index (χ0) is 19.6. The van der Waals surface area contributed by atoms with Gasteiger partial charge in [-0.3, -0.25) is 9.59 Å². The zero-order valence-electron chi connectivity index (χ0n) is 14.7. The van der Waals surface area contributed by atoms with Crippen molar-refractivity contribution in [1.82, 2.24) is 9.80 Å². The van der Waals surface area contributed by atoms with Crippen molar-refractivity contribution < 1.29 is 30.0 Å². The SMILES string of the molecule is O=C1N2C3C(CC24SSC12CC1C([C@@H](O)C=C[C@@H]1O)N2C4=O)[C@@H](O)C=C[C@@H]3O. The monoisotopic (exact) mass is 424 g/mol. The fourth-order valence-corrected chi connectivity index (χ4v) is 9.93. The van der Waals surface area contributed by atoms with Crippen LogP contribution in [0.4, 0.5) is 0 Å². The Kier molecular flexibility index (Phi) is 3.40. The molecule has 7 rings (SSSR count). The summed E-state index contributed by atoms with van der Waals surface area (Å²) in [6.45, 7) is 0. The smallest absolute Gasteiger partial charge is 0.261 e. The summed E-state index contributed by atoms with van der Waals surface area (Å²) in [5.41, 5.74) is 0. The van der Waals surface area contributed by atoms with Crippen LogP contribution in [0, 0.1) is 11.8 Å². The van der Waals surface area contributed by atoms with E-state index >= 15 is 0 Å². The van der Waals surface area contributed by atoms with Crippen molar-refractivity contribution >= 4 is 33.4 Å². The molecule has 5 aliphatic heterocycles. The molecule has 0 aromatic carbocycles. The predicted octanol–water partition coefficient (Wildman–Crippen LogP) is -1.20. The van der Waals surface area contributed by atoms with Gasteiger partial charge in [0, 0.05) is 11.8 Å². The third kappa shape index (κ3) is 1.77. The fourth-order valence-electron chi connectivity index (χ4n) is 6.08. The Balaban J connectivity index is 1.50. The molecule has 0 radical (unpaired) electrons. The van der Waals surface area contributed by atoms with Gasteiger partial charge in [-0.2, -0.15) is 0 Å². The minimum atomic E-state index is -1.20. The van der Waals surface area contributed by atoms with Crippen LogP contribution in [0.25, 0.3) is 0 Å². The molecule has 2 aliphatic carbocycles. The summed E-state index contributed by atoms with van der Waals surface area (Å²) in [7, 11) is 2.65. The van der Waals surface area contributed by atoms with Gasteiger partial charge in [-0.05, 0) is 12.8 Å². The maximum absolute atomic E-state index is 13.8. The van der Waals surface area contributed by atoms with Gasteiger partial charge in [0.1, 0.15) is 0 Å². The number of aliphatic hydroxyl groups is 4. The van der Waals surface area contributed by atoms with Crippen LogP contribution >= 0.6 is 21.6 Å². The molecule has 5 heterocycles. The molecule has 6 unspecified atom stereocenters. The number of carbonyl (C=O) groups excluding carboxylic acids is 2. The van der Waals surface area contributed by atoms with Crippen LogP contribution in [0.15, 0.2) is 24.3 Å². The van der Waals surface area contributed by atoms with Crippen LogP contribution in [0.2, 0.25) is 0 Å². The largest absolute Gasteiger partial charge is 0.389 e. The number of nitrogens with zero attached hydrogens (tertiary/aromatic N) is 2. The van der Waals surface area contributed by atoms with E-state index in [-0.39, 0.29) is 24.7 Å². The lowest BCUT2D eigenvalue weighted by molar-refractivity contribution is -0.169. The molecule has 0 aromatic rings. The van der Waals surface area contributed by atoms with Crippen LogP contribution in [0.3, 0.4) is 0 Å². The number of aliphatic hydroxyl groups excluding tert-OH is 4. The average molecular weight is 425 g/mol. The first-order valence-electron chi connectivity index (χ1n) is 9.45. The van der Waals surface area contributed by atoms with Crippen molar-refractivity contribution in [2.45, 2.75) is 59.1 Å². The molecule has 28 heavy (non-hydrogen) atoms. The molecule has 5 saturated heterocycles. The Bertz CT molecular complexity index is 784. The van der Waals surface area contributed by atoms with E-state index in [4.69, 9.17) is 0 Å². The molecular formula is C18H20N2O6S2.